The summed E-state index contributed by atoms with van der Waals surface area (Å²) >= 11 is 0. The van der Waals surface area contributed by atoms with Gasteiger partial charge in [-0.1, -0.05) is 0 Å². The summed E-state index contributed by atoms with van der Waals surface area (Å²) in [6, 6.07) is 2.22. The Morgan fingerprint density at radius 1 is 1.75 bits per heavy atom. The van der Waals surface area contributed by atoms with Gasteiger partial charge in [-0.25, -0.2) is 4.39 Å². The molecule has 1 unspecified atom stereocenters. The van der Waals surface area contributed by atoms with Crippen LogP contribution in [0.2, 0.25) is 0 Å². The van der Waals surface area contributed by atoms with Crippen molar-refractivity contribution in [2.24, 2.45) is 0 Å². The van der Waals surface area contributed by atoms with E-state index < -0.39 is 12.2 Å². The minimum atomic E-state index is -0.663. The Morgan fingerprint density at radius 2 is 2.62 bits per heavy atom. The minimum absolute atomic E-state index is 0.234. The van der Waals surface area contributed by atoms with Gasteiger partial charge < -0.3 is 10.1 Å². The quantitative estimate of drug-likeness (QED) is 0.827. The summed E-state index contributed by atoms with van der Waals surface area (Å²) in [5.74, 6) is 0. The maximum absolute atomic E-state index is 12.1. The highest BCUT2D eigenvalue weighted by atomic mass is 19.1. The zero-order chi connectivity index (χ0) is 11.4. The van der Waals surface area contributed by atoms with Gasteiger partial charge in [0.2, 0.25) is 0 Å². The molecule has 0 amide bonds. The summed E-state index contributed by atoms with van der Waals surface area (Å²) in [4.78, 5) is 0. The highest BCUT2D eigenvalue weighted by Crippen LogP contribution is 2.23. The van der Waals surface area contributed by atoms with Gasteiger partial charge in [-0.2, -0.15) is 10.4 Å². The van der Waals surface area contributed by atoms with Crippen LogP contribution >= 0.6 is 0 Å². The van der Waals surface area contributed by atoms with Crippen molar-refractivity contribution in [3.63, 3.8) is 0 Å². The highest BCUT2D eigenvalue weighted by Gasteiger charge is 2.35. The minimum Gasteiger partial charge on any atom is -0.378 e. The number of hydrogen-bond donors (Lipinski definition) is 1. The molecule has 0 bridgehead atoms. The molecule has 0 radical (unpaired) electrons. The number of rotatable bonds is 4. The van der Waals surface area contributed by atoms with Crippen LogP contribution in [-0.4, -0.2) is 35.2 Å². The van der Waals surface area contributed by atoms with Crippen molar-refractivity contribution in [2.45, 2.75) is 18.5 Å². The number of hydrogen-bond acceptors (Lipinski definition) is 4. The van der Waals surface area contributed by atoms with Crippen molar-refractivity contribution >= 4 is 5.69 Å². The van der Waals surface area contributed by atoms with Crippen molar-refractivity contribution in [1.82, 2.24) is 9.78 Å². The third-order valence-corrected chi connectivity index (χ3v) is 2.57. The Kier molecular flexibility index (Phi) is 3.06. The molecule has 1 aliphatic rings. The van der Waals surface area contributed by atoms with Crippen LogP contribution < -0.4 is 5.32 Å². The second kappa shape index (κ2) is 4.49. The fourth-order valence-electron chi connectivity index (χ4n) is 1.69. The van der Waals surface area contributed by atoms with E-state index in [-0.39, 0.29) is 6.54 Å². The Labute approximate surface area is 92.8 Å². The van der Waals surface area contributed by atoms with Crippen molar-refractivity contribution in [1.29, 1.82) is 5.26 Å². The second-order valence-electron chi connectivity index (χ2n) is 3.80. The standard InChI is InChI=1S/C10H13FN4O/c11-2-3-15-6-9(5-13-15)14-10(7-12)1-4-16-8-10/h5-6,14H,1-4,8H2. The lowest BCUT2D eigenvalue weighted by molar-refractivity contribution is 0.189. The molecule has 1 N–H and O–H groups in total. The monoisotopic (exact) mass is 224 g/mol. The molecule has 1 saturated heterocycles. The molecule has 16 heavy (non-hydrogen) atoms. The van der Waals surface area contributed by atoms with E-state index in [1.807, 2.05) is 0 Å². The molecule has 0 spiro atoms. The summed E-state index contributed by atoms with van der Waals surface area (Å²) < 4.78 is 18.8. The summed E-state index contributed by atoms with van der Waals surface area (Å²) in [6.07, 6.45) is 3.93. The van der Waals surface area contributed by atoms with Gasteiger partial charge in [-0.15, -0.1) is 0 Å². The molecule has 6 heteroatoms. The Morgan fingerprint density at radius 3 is 3.25 bits per heavy atom. The second-order valence-corrected chi connectivity index (χ2v) is 3.80. The van der Waals surface area contributed by atoms with Crippen molar-refractivity contribution < 1.29 is 9.13 Å². The van der Waals surface area contributed by atoms with Gasteiger partial charge in [-0.3, -0.25) is 4.68 Å². The number of aromatic nitrogens is 2. The number of anilines is 1. The molecule has 1 aliphatic heterocycles. The molecule has 1 fully saturated rings. The van der Waals surface area contributed by atoms with Crippen LogP contribution in [0.4, 0.5) is 10.1 Å². The van der Waals surface area contributed by atoms with Crippen LogP contribution in [0.25, 0.3) is 0 Å². The van der Waals surface area contributed by atoms with Crippen molar-refractivity contribution in [3.8, 4) is 6.07 Å². The molecule has 2 heterocycles. The fourth-order valence-corrected chi connectivity index (χ4v) is 1.69. The Bertz CT molecular complexity index is 392. The fraction of sp³-hybridized carbons (Fsp3) is 0.600. The maximum Gasteiger partial charge on any atom is 0.151 e. The molecule has 2 rings (SSSR count). The first-order valence-electron chi connectivity index (χ1n) is 5.14. The first-order valence-corrected chi connectivity index (χ1v) is 5.14. The zero-order valence-corrected chi connectivity index (χ0v) is 8.82. The Balaban J connectivity index is 2.05. The number of nitrogens with one attached hydrogen (secondary N) is 1. The average Bonchev–Trinajstić information content (AvgIpc) is 2.90. The van der Waals surface area contributed by atoms with Gasteiger partial charge in [0.05, 0.1) is 37.7 Å². The summed E-state index contributed by atoms with van der Waals surface area (Å²) in [5.41, 5.74) is 0.0596. The van der Waals surface area contributed by atoms with Crippen LogP contribution in [0.1, 0.15) is 6.42 Å². The maximum atomic E-state index is 12.1. The van der Waals surface area contributed by atoms with Crippen LogP contribution in [0.3, 0.4) is 0 Å². The zero-order valence-electron chi connectivity index (χ0n) is 8.82. The first-order chi connectivity index (χ1) is 7.78. The Hall–Kier alpha value is -1.61. The normalized spacial score (nSPS) is 24.2. The van der Waals surface area contributed by atoms with E-state index in [9.17, 15) is 4.39 Å². The van der Waals surface area contributed by atoms with Crippen molar-refractivity contribution in [3.05, 3.63) is 12.4 Å². The predicted molar refractivity (Wildman–Crippen MR) is 55.6 cm³/mol. The number of nitrogens with zero attached hydrogens (tertiary/aromatic N) is 3. The van der Waals surface area contributed by atoms with Crippen LogP contribution in [0.15, 0.2) is 12.4 Å². The number of nitriles is 1. The third-order valence-electron chi connectivity index (χ3n) is 2.57. The third kappa shape index (κ3) is 2.14. The summed E-state index contributed by atoms with van der Waals surface area (Å²) in [5, 5.41) is 16.2. The van der Waals surface area contributed by atoms with Crippen LogP contribution in [0.5, 0.6) is 0 Å². The van der Waals surface area contributed by atoms with Gasteiger partial charge in [0.25, 0.3) is 0 Å². The van der Waals surface area contributed by atoms with Gasteiger partial charge in [0.15, 0.2) is 5.54 Å². The number of ether oxygens (including phenoxy) is 1. The smallest absolute Gasteiger partial charge is 0.151 e. The molecular weight excluding hydrogens is 211 g/mol. The molecule has 5 nitrogen and oxygen atoms in total. The SMILES string of the molecule is N#CC1(Nc2cnn(CCF)c2)CCOC1. The lowest BCUT2D eigenvalue weighted by Crippen LogP contribution is -2.36. The van der Waals surface area contributed by atoms with E-state index in [1.165, 1.54) is 4.68 Å². The first kappa shape index (κ1) is 10.9. The van der Waals surface area contributed by atoms with E-state index in [4.69, 9.17) is 10.00 Å². The highest BCUT2D eigenvalue weighted by molar-refractivity contribution is 5.44. The lowest BCUT2D eigenvalue weighted by atomic mass is 10.0. The van der Waals surface area contributed by atoms with Gasteiger partial charge in [0.1, 0.15) is 6.67 Å². The predicted octanol–water partition coefficient (Wildman–Crippen LogP) is 0.947. The molecule has 0 saturated carbocycles. The molecule has 0 aliphatic carbocycles. The largest absolute Gasteiger partial charge is 0.378 e. The van der Waals surface area contributed by atoms with Gasteiger partial charge in [-0.05, 0) is 0 Å². The topological polar surface area (TPSA) is 62.9 Å². The van der Waals surface area contributed by atoms with E-state index >= 15 is 0 Å². The number of aryl methyl sites for hydroxylation is 1. The molecule has 1 aromatic rings. The van der Waals surface area contributed by atoms with E-state index in [2.05, 4.69) is 16.5 Å². The molecular formula is C10H13FN4O. The molecule has 1 atom stereocenters. The summed E-state index contributed by atoms with van der Waals surface area (Å²) in [7, 11) is 0. The molecule has 1 aromatic heterocycles. The lowest BCUT2D eigenvalue weighted by Gasteiger charge is -2.20. The van der Waals surface area contributed by atoms with Gasteiger partial charge in [0, 0.05) is 12.6 Å². The van der Waals surface area contributed by atoms with Crippen LogP contribution in [-0.2, 0) is 11.3 Å². The van der Waals surface area contributed by atoms with Crippen LogP contribution in [0, 0.1) is 11.3 Å². The van der Waals surface area contributed by atoms with E-state index in [0.717, 1.165) is 5.69 Å². The molecule has 86 valence electrons. The van der Waals surface area contributed by atoms with E-state index in [0.29, 0.717) is 19.6 Å². The van der Waals surface area contributed by atoms with Crippen molar-refractivity contribution in [2.75, 3.05) is 25.2 Å². The number of halogens is 1. The van der Waals surface area contributed by atoms with Gasteiger partial charge >= 0.3 is 0 Å². The summed E-state index contributed by atoms with van der Waals surface area (Å²) in [6.45, 7) is 0.738. The average molecular weight is 224 g/mol. The number of alkyl halides is 1. The molecule has 0 aromatic carbocycles. The van der Waals surface area contributed by atoms with E-state index in [1.54, 1.807) is 12.4 Å².